The molecule has 0 amide bonds. The second-order valence-corrected chi connectivity index (χ2v) is 4.98. The van der Waals surface area contributed by atoms with Crippen LogP contribution in [0.5, 0.6) is 5.75 Å². The lowest BCUT2D eigenvalue weighted by molar-refractivity contribution is 0.464. The molecule has 1 rings (SSSR count). The van der Waals surface area contributed by atoms with Gasteiger partial charge < -0.3 is 5.11 Å². The van der Waals surface area contributed by atoms with Crippen molar-refractivity contribution < 1.29 is 5.11 Å². The molecule has 0 aromatic heterocycles. The molecule has 0 aliphatic carbocycles. The number of aryl methyl sites for hydroxylation is 1. The lowest BCUT2D eigenvalue weighted by Crippen LogP contribution is -1.86. The Morgan fingerprint density at radius 2 is 2.21 bits per heavy atom. The summed E-state index contributed by atoms with van der Waals surface area (Å²) >= 11 is 0. The zero-order chi connectivity index (χ0) is 10.4. The topological polar surface area (TPSA) is 45.0 Å². The zero-order valence-electron chi connectivity index (χ0n) is 8.70. The van der Waals surface area contributed by atoms with Crippen LogP contribution in [0.3, 0.4) is 0 Å². The van der Waals surface area contributed by atoms with E-state index < -0.39 is 0 Å². The van der Waals surface area contributed by atoms with Crippen molar-refractivity contribution in [1.29, 1.82) is 0 Å². The molecule has 0 aliphatic rings. The largest absolute Gasteiger partial charge is 0.507 e. The van der Waals surface area contributed by atoms with Crippen LogP contribution in [-0.4, -0.2) is 14.8 Å². The monoisotopic (exact) mass is 208 g/mol. The number of phenols is 1. The van der Waals surface area contributed by atoms with Crippen LogP contribution in [-0.2, 0) is 6.54 Å². The van der Waals surface area contributed by atoms with Crippen LogP contribution in [0.2, 0.25) is 6.04 Å². The molecule has 0 aliphatic heterocycles. The summed E-state index contributed by atoms with van der Waals surface area (Å²) in [5.74, 6) is 0.351. The van der Waals surface area contributed by atoms with Crippen LogP contribution in [0.4, 0.5) is 0 Å². The maximum atomic E-state index is 9.66. The van der Waals surface area contributed by atoms with E-state index in [-0.39, 0.29) is 9.68 Å². The molecule has 0 saturated carbocycles. The number of rotatable bonds is 4. The first-order chi connectivity index (χ1) is 6.75. The van der Waals surface area contributed by atoms with Gasteiger partial charge in [0.15, 0.2) is 9.68 Å². The fraction of sp³-hybridized carbons (Fsp3) is 0.400. The van der Waals surface area contributed by atoms with E-state index in [4.69, 9.17) is 0 Å². The Hall–Kier alpha value is -1.16. The highest BCUT2D eigenvalue weighted by Gasteiger charge is 2.01. The highest BCUT2D eigenvalue weighted by Crippen LogP contribution is 2.21. The van der Waals surface area contributed by atoms with Crippen molar-refractivity contribution in [2.24, 2.45) is 9.89 Å². The van der Waals surface area contributed by atoms with E-state index in [1.165, 1.54) is 0 Å². The SMILES string of the molecule is CC[SiH2]/N=N/Cc1cccc(C)c1O. The number of nitrogens with zero attached hydrogens (tertiary/aromatic N) is 2. The van der Waals surface area contributed by atoms with E-state index in [1.807, 2.05) is 25.1 Å². The first-order valence-electron chi connectivity index (χ1n) is 4.86. The second kappa shape index (κ2) is 5.54. The molecule has 4 heteroatoms. The molecule has 76 valence electrons. The molecule has 1 N–H and O–H groups in total. The summed E-state index contributed by atoms with van der Waals surface area (Å²) in [7, 11) is -0.339. The van der Waals surface area contributed by atoms with Crippen LogP contribution in [0.25, 0.3) is 0 Å². The van der Waals surface area contributed by atoms with Gasteiger partial charge in [0.1, 0.15) is 5.75 Å². The van der Waals surface area contributed by atoms with Crippen molar-refractivity contribution in [3.63, 3.8) is 0 Å². The first kappa shape index (κ1) is 10.9. The Kier molecular flexibility index (Phi) is 4.32. The van der Waals surface area contributed by atoms with Crippen LogP contribution >= 0.6 is 0 Å². The predicted molar refractivity (Wildman–Crippen MR) is 60.4 cm³/mol. The Morgan fingerprint density at radius 1 is 1.43 bits per heavy atom. The Balaban J connectivity index is 2.63. The molecule has 0 bridgehead atoms. The van der Waals surface area contributed by atoms with Crippen molar-refractivity contribution >= 4 is 9.68 Å². The van der Waals surface area contributed by atoms with Gasteiger partial charge in [0.25, 0.3) is 0 Å². The van der Waals surface area contributed by atoms with Gasteiger partial charge in [-0.15, -0.1) is 0 Å². The smallest absolute Gasteiger partial charge is 0.178 e. The van der Waals surface area contributed by atoms with Gasteiger partial charge in [-0.05, 0) is 18.5 Å². The number of para-hydroxylation sites is 1. The van der Waals surface area contributed by atoms with Crippen molar-refractivity contribution in [3.05, 3.63) is 29.3 Å². The minimum absolute atomic E-state index is 0.339. The van der Waals surface area contributed by atoms with Gasteiger partial charge in [0.2, 0.25) is 0 Å². The maximum Gasteiger partial charge on any atom is 0.178 e. The average Bonchev–Trinajstić information content (AvgIpc) is 2.19. The maximum absolute atomic E-state index is 9.66. The average molecular weight is 208 g/mol. The molecule has 1 aromatic rings. The fourth-order valence-corrected chi connectivity index (χ4v) is 1.59. The van der Waals surface area contributed by atoms with E-state index >= 15 is 0 Å². The van der Waals surface area contributed by atoms with Crippen LogP contribution in [0.1, 0.15) is 18.1 Å². The number of benzene rings is 1. The zero-order valence-corrected chi connectivity index (χ0v) is 10.1. The van der Waals surface area contributed by atoms with E-state index in [2.05, 4.69) is 16.8 Å². The van der Waals surface area contributed by atoms with Gasteiger partial charge in [0, 0.05) is 5.56 Å². The molecule has 0 saturated heterocycles. The highest BCUT2D eigenvalue weighted by atomic mass is 28.2. The third-order valence-corrected chi connectivity index (χ3v) is 2.83. The molecule has 0 heterocycles. The van der Waals surface area contributed by atoms with Crippen LogP contribution in [0.15, 0.2) is 28.1 Å². The van der Waals surface area contributed by atoms with Crippen molar-refractivity contribution in [1.82, 2.24) is 0 Å². The van der Waals surface area contributed by atoms with Gasteiger partial charge in [-0.25, -0.2) is 9.89 Å². The molecule has 14 heavy (non-hydrogen) atoms. The van der Waals surface area contributed by atoms with Crippen molar-refractivity contribution in [2.45, 2.75) is 26.4 Å². The quantitative estimate of drug-likeness (QED) is 0.598. The van der Waals surface area contributed by atoms with Gasteiger partial charge in [-0.2, -0.15) is 0 Å². The molecule has 0 fully saturated rings. The van der Waals surface area contributed by atoms with Gasteiger partial charge >= 0.3 is 0 Å². The molecular weight excluding hydrogens is 192 g/mol. The highest BCUT2D eigenvalue weighted by molar-refractivity contribution is 6.32. The summed E-state index contributed by atoms with van der Waals surface area (Å²) in [6.45, 7) is 4.51. The summed E-state index contributed by atoms with van der Waals surface area (Å²) in [6.07, 6.45) is 0. The summed E-state index contributed by atoms with van der Waals surface area (Å²) < 4.78 is 4.11. The summed E-state index contributed by atoms with van der Waals surface area (Å²) in [5, 5.41) is 13.7. The van der Waals surface area contributed by atoms with Crippen LogP contribution < -0.4 is 0 Å². The van der Waals surface area contributed by atoms with E-state index in [0.29, 0.717) is 12.3 Å². The van der Waals surface area contributed by atoms with Gasteiger partial charge in [0.05, 0.1) is 6.54 Å². The molecule has 1 aromatic carbocycles. The fourth-order valence-electron chi connectivity index (χ4n) is 1.14. The Bertz CT molecular complexity index is 326. The van der Waals surface area contributed by atoms with Crippen molar-refractivity contribution in [3.8, 4) is 5.75 Å². The number of aromatic hydroxyl groups is 1. The third kappa shape index (κ3) is 2.96. The normalized spacial score (nSPS) is 11.9. The van der Waals surface area contributed by atoms with Gasteiger partial charge in [-0.1, -0.05) is 25.1 Å². The number of hydrogen-bond acceptors (Lipinski definition) is 3. The summed E-state index contributed by atoms with van der Waals surface area (Å²) in [4.78, 5) is 0. The molecule has 0 spiro atoms. The molecule has 0 atom stereocenters. The Labute approximate surface area is 86.8 Å². The lowest BCUT2D eigenvalue weighted by Gasteiger charge is -2.02. The second-order valence-electron chi connectivity index (χ2n) is 3.25. The van der Waals surface area contributed by atoms with Crippen molar-refractivity contribution in [2.75, 3.05) is 0 Å². The van der Waals surface area contributed by atoms with Crippen LogP contribution in [0, 0.1) is 6.92 Å². The molecule has 0 unspecified atom stereocenters. The lowest BCUT2D eigenvalue weighted by atomic mass is 10.1. The van der Waals surface area contributed by atoms with E-state index in [9.17, 15) is 5.11 Å². The van der Waals surface area contributed by atoms with E-state index in [1.54, 1.807) is 0 Å². The number of phenolic OH excluding ortho intramolecular Hbond substituents is 1. The number of hydrogen-bond donors (Lipinski definition) is 1. The Morgan fingerprint density at radius 3 is 2.93 bits per heavy atom. The van der Waals surface area contributed by atoms with E-state index in [0.717, 1.165) is 17.2 Å². The minimum Gasteiger partial charge on any atom is -0.507 e. The predicted octanol–water partition coefficient (Wildman–Crippen LogP) is 2.17. The molecule has 0 radical (unpaired) electrons. The van der Waals surface area contributed by atoms with Gasteiger partial charge in [-0.3, -0.25) is 0 Å². The standard InChI is InChI=1S/C10H16N2OSi/c1-3-14-12-11-7-9-6-4-5-8(2)10(9)13/h4-6,13H,3,7,14H2,1-2H3/b12-11+. The minimum atomic E-state index is -0.339. The first-order valence-corrected chi connectivity index (χ1v) is 6.49. The summed E-state index contributed by atoms with van der Waals surface area (Å²) in [5.41, 5.74) is 1.75. The summed E-state index contributed by atoms with van der Waals surface area (Å²) in [6, 6.07) is 6.84. The molecule has 3 nitrogen and oxygen atoms in total. The molecular formula is C10H16N2OSi. The third-order valence-electron chi connectivity index (χ3n) is 1.99.